The quantitative estimate of drug-likeness (QED) is 0.879. The molecule has 1 fully saturated rings. The predicted octanol–water partition coefficient (Wildman–Crippen LogP) is 2.66. The van der Waals surface area contributed by atoms with Crippen LogP contribution in [-0.2, 0) is 11.2 Å². The molecule has 0 amide bonds. The van der Waals surface area contributed by atoms with Crippen LogP contribution < -0.4 is 5.73 Å². The van der Waals surface area contributed by atoms with Gasteiger partial charge < -0.3 is 15.0 Å². The average Bonchev–Trinajstić information content (AvgIpc) is 3.05. The zero-order valence-corrected chi connectivity index (χ0v) is 11.9. The van der Waals surface area contributed by atoms with E-state index in [-0.39, 0.29) is 0 Å². The fourth-order valence-corrected chi connectivity index (χ4v) is 2.54. The predicted molar refractivity (Wildman–Crippen MR) is 74.5 cm³/mol. The number of nitrogens with zero attached hydrogens (tertiary/aromatic N) is 2. The van der Waals surface area contributed by atoms with E-state index >= 15 is 0 Å². The highest BCUT2D eigenvalue weighted by atomic mass is 79.9. The second-order valence-corrected chi connectivity index (χ2v) is 5.50. The van der Waals surface area contributed by atoms with Crippen LogP contribution in [0.3, 0.4) is 0 Å². The smallest absolute Gasteiger partial charge is 0.260 e. The lowest BCUT2D eigenvalue weighted by atomic mass is 10.1. The SMILES string of the molecule is Nc1c(Br)cccc1-c1nc(CC2CCOC2)no1. The van der Waals surface area contributed by atoms with E-state index in [0.717, 1.165) is 36.1 Å². The summed E-state index contributed by atoms with van der Waals surface area (Å²) in [6, 6.07) is 5.65. The number of nitrogen functional groups attached to an aromatic ring is 1. The maximum atomic E-state index is 5.99. The normalized spacial score (nSPS) is 18.9. The number of para-hydroxylation sites is 1. The monoisotopic (exact) mass is 323 g/mol. The zero-order chi connectivity index (χ0) is 13.2. The first-order valence-corrected chi connectivity index (χ1v) is 6.98. The standard InChI is InChI=1S/C13H14BrN3O2/c14-10-3-1-2-9(12(10)15)13-16-11(17-19-13)6-8-4-5-18-7-8/h1-3,8H,4-7,15H2. The van der Waals surface area contributed by atoms with Gasteiger partial charge in [-0.05, 0) is 40.4 Å². The number of rotatable bonds is 3. The first-order valence-electron chi connectivity index (χ1n) is 6.18. The second-order valence-electron chi connectivity index (χ2n) is 4.65. The van der Waals surface area contributed by atoms with Crippen LogP contribution in [0.15, 0.2) is 27.2 Å². The minimum atomic E-state index is 0.465. The molecule has 1 aliphatic heterocycles. The first-order chi connectivity index (χ1) is 9.24. The molecule has 1 aromatic carbocycles. The Balaban J connectivity index is 1.82. The number of hydrogen-bond donors (Lipinski definition) is 1. The van der Waals surface area contributed by atoms with Gasteiger partial charge >= 0.3 is 0 Å². The largest absolute Gasteiger partial charge is 0.397 e. The van der Waals surface area contributed by atoms with E-state index in [1.165, 1.54) is 0 Å². The number of benzene rings is 1. The number of nitrogens with two attached hydrogens (primary N) is 1. The summed E-state index contributed by atoms with van der Waals surface area (Å²) in [4.78, 5) is 4.41. The van der Waals surface area contributed by atoms with Gasteiger partial charge in [0.05, 0.1) is 11.3 Å². The molecule has 19 heavy (non-hydrogen) atoms. The van der Waals surface area contributed by atoms with Gasteiger partial charge in [-0.1, -0.05) is 11.2 Å². The Morgan fingerprint density at radius 3 is 3.11 bits per heavy atom. The molecule has 0 radical (unpaired) electrons. The number of halogens is 1. The zero-order valence-electron chi connectivity index (χ0n) is 10.3. The summed E-state index contributed by atoms with van der Waals surface area (Å²) in [5.41, 5.74) is 7.37. The van der Waals surface area contributed by atoms with E-state index in [1.807, 2.05) is 18.2 Å². The Morgan fingerprint density at radius 1 is 1.42 bits per heavy atom. The van der Waals surface area contributed by atoms with Crippen LogP contribution in [0, 0.1) is 5.92 Å². The Labute approximate surface area is 119 Å². The van der Waals surface area contributed by atoms with Crippen LogP contribution >= 0.6 is 15.9 Å². The number of hydrogen-bond acceptors (Lipinski definition) is 5. The van der Waals surface area contributed by atoms with E-state index in [9.17, 15) is 0 Å². The molecule has 0 spiro atoms. The molecule has 100 valence electrons. The molecular weight excluding hydrogens is 310 g/mol. The van der Waals surface area contributed by atoms with Gasteiger partial charge in [0, 0.05) is 24.1 Å². The first kappa shape index (κ1) is 12.6. The number of ether oxygens (including phenoxy) is 1. The van der Waals surface area contributed by atoms with Gasteiger partial charge in [0.15, 0.2) is 5.82 Å². The van der Waals surface area contributed by atoms with Crippen molar-refractivity contribution in [2.24, 2.45) is 5.92 Å². The van der Waals surface area contributed by atoms with Gasteiger partial charge in [0.1, 0.15) is 0 Å². The van der Waals surface area contributed by atoms with Gasteiger partial charge in [-0.15, -0.1) is 0 Å². The van der Waals surface area contributed by atoms with Crippen molar-refractivity contribution >= 4 is 21.6 Å². The maximum Gasteiger partial charge on any atom is 0.260 e. The van der Waals surface area contributed by atoms with Crippen LogP contribution in [0.4, 0.5) is 5.69 Å². The highest BCUT2D eigenvalue weighted by Crippen LogP contribution is 2.30. The van der Waals surface area contributed by atoms with Crippen molar-refractivity contribution in [3.05, 3.63) is 28.5 Å². The van der Waals surface area contributed by atoms with Crippen LogP contribution in [-0.4, -0.2) is 23.4 Å². The van der Waals surface area contributed by atoms with E-state index in [4.69, 9.17) is 15.0 Å². The van der Waals surface area contributed by atoms with Crippen molar-refractivity contribution in [3.63, 3.8) is 0 Å². The molecule has 5 nitrogen and oxygen atoms in total. The van der Waals surface area contributed by atoms with Gasteiger partial charge in [0.25, 0.3) is 5.89 Å². The highest BCUT2D eigenvalue weighted by molar-refractivity contribution is 9.10. The van der Waals surface area contributed by atoms with Crippen molar-refractivity contribution < 1.29 is 9.26 Å². The summed E-state index contributed by atoms with van der Waals surface area (Å²) in [6.45, 7) is 1.61. The number of aromatic nitrogens is 2. The van der Waals surface area contributed by atoms with Crippen LogP contribution in [0.25, 0.3) is 11.5 Å². The third-order valence-electron chi connectivity index (χ3n) is 3.25. The van der Waals surface area contributed by atoms with E-state index in [2.05, 4.69) is 26.1 Å². The van der Waals surface area contributed by atoms with Gasteiger partial charge in [-0.25, -0.2) is 0 Å². The fourth-order valence-electron chi connectivity index (χ4n) is 2.17. The highest BCUT2D eigenvalue weighted by Gasteiger charge is 2.20. The van der Waals surface area contributed by atoms with Gasteiger partial charge in [-0.3, -0.25) is 0 Å². The lowest BCUT2D eigenvalue weighted by molar-refractivity contribution is 0.185. The Hall–Kier alpha value is -1.40. The van der Waals surface area contributed by atoms with Crippen molar-refractivity contribution in [2.45, 2.75) is 12.8 Å². The molecule has 2 aromatic rings. The van der Waals surface area contributed by atoms with E-state index < -0.39 is 0 Å². The van der Waals surface area contributed by atoms with Crippen LogP contribution in [0.1, 0.15) is 12.2 Å². The summed E-state index contributed by atoms with van der Waals surface area (Å²) >= 11 is 3.39. The molecule has 0 aliphatic carbocycles. The number of anilines is 1. The molecule has 3 rings (SSSR count). The molecular formula is C13H14BrN3O2. The third kappa shape index (κ3) is 2.64. The van der Waals surface area contributed by atoms with Crippen molar-refractivity contribution in [3.8, 4) is 11.5 Å². The van der Waals surface area contributed by atoms with Crippen molar-refractivity contribution in [1.82, 2.24) is 10.1 Å². The minimum absolute atomic E-state index is 0.465. The van der Waals surface area contributed by atoms with Crippen LogP contribution in [0.2, 0.25) is 0 Å². The Morgan fingerprint density at radius 2 is 2.32 bits per heavy atom. The molecule has 1 aliphatic rings. The molecule has 1 aromatic heterocycles. The molecule has 1 unspecified atom stereocenters. The average molecular weight is 324 g/mol. The Bertz CT molecular complexity index is 579. The lowest BCUT2D eigenvalue weighted by Crippen LogP contribution is -2.04. The topological polar surface area (TPSA) is 74.2 Å². The summed E-state index contributed by atoms with van der Waals surface area (Å²) in [7, 11) is 0. The van der Waals surface area contributed by atoms with E-state index in [1.54, 1.807) is 0 Å². The third-order valence-corrected chi connectivity index (χ3v) is 3.94. The molecule has 2 heterocycles. The molecule has 2 N–H and O–H groups in total. The summed E-state index contributed by atoms with van der Waals surface area (Å²) < 4.78 is 11.5. The molecule has 0 saturated carbocycles. The summed E-state index contributed by atoms with van der Waals surface area (Å²) in [6.07, 6.45) is 1.85. The summed E-state index contributed by atoms with van der Waals surface area (Å²) in [5, 5.41) is 4.01. The maximum absolute atomic E-state index is 5.99. The minimum Gasteiger partial charge on any atom is -0.397 e. The van der Waals surface area contributed by atoms with Crippen LogP contribution in [0.5, 0.6) is 0 Å². The molecule has 1 atom stereocenters. The molecule has 0 bridgehead atoms. The fraction of sp³-hybridized carbons (Fsp3) is 0.385. The van der Waals surface area contributed by atoms with Gasteiger partial charge in [0.2, 0.25) is 0 Å². The van der Waals surface area contributed by atoms with Gasteiger partial charge in [-0.2, -0.15) is 4.98 Å². The van der Waals surface area contributed by atoms with Crippen molar-refractivity contribution in [2.75, 3.05) is 18.9 Å². The molecule has 6 heteroatoms. The van der Waals surface area contributed by atoms with E-state index in [0.29, 0.717) is 23.3 Å². The lowest BCUT2D eigenvalue weighted by Gasteiger charge is -2.02. The van der Waals surface area contributed by atoms with Crippen molar-refractivity contribution in [1.29, 1.82) is 0 Å². The second kappa shape index (κ2) is 5.30. The molecule has 1 saturated heterocycles. The Kier molecular flexibility index (Phi) is 3.52. The summed E-state index contributed by atoms with van der Waals surface area (Å²) in [5.74, 6) is 1.67.